The summed E-state index contributed by atoms with van der Waals surface area (Å²) in [4.78, 5) is 34.1. The topological polar surface area (TPSA) is 126 Å². The molecule has 0 saturated heterocycles. The van der Waals surface area contributed by atoms with Gasteiger partial charge >= 0.3 is 0 Å². The number of furan rings is 1. The fourth-order valence-corrected chi connectivity index (χ4v) is 2.74. The number of imide groups is 1. The first-order chi connectivity index (χ1) is 12.8. The van der Waals surface area contributed by atoms with Crippen molar-refractivity contribution in [3.8, 4) is 17.4 Å². The molecule has 0 fully saturated rings. The number of nitro groups is 1. The summed E-state index contributed by atoms with van der Waals surface area (Å²) in [6.07, 6.45) is 1.39. The number of carbonyl (C=O) groups is 2. The number of nitriles is 1. The maximum Gasteiger partial charge on any atom is 0.288 e. The predicted molar refractivity (Wildman–Crippen MR) is 95.2 cm³/mol. The van der Waals surface area contributed by atoms with Crippen molar-refractivity contribution in [2.24, 2.45) is 0 Å². The third-order valence-electron chi connectivity index (χ3n) is 3.93. The molecular weight excluding hydrogens is 374 g/mol. The van der Waals surface area contributed by atoms with Gasteiger partial charge in [0.25, 0.3) is 17.5 Å². The molecule has 1 aliphatic heterocycles. The molecule has 134 valence electrons. The second-order valence-electron chi connectivity index (χ2n) is 5.58. The van der Waals surface area contributed by atoms with Crippen molar-refractivity contribution in [2.45, 2.75) is 6.92 Å². The monoisotopic (exact) mass is 383 g/mol. The summed E-state index contributed by atoms with van der Waals surface area (Å²) < 4.78 is 5.63. The zero-order valence-electron chi connectivity index (χ0n) is 13.8. The van der Waals surface area contributed by atoms with Crippen LogP contribution in [0.2, 0.25) is 5.02 Å². The largest absolute Gasteiger partial charge is 0.457 e. The number of rotatable bonds is 3. The van der Waals surface area contributed by atoms with Gasteiger partial charge in [0.1, 0.15) is 28.2 Å². The van der Waals surface area contributed by atoms with Gasteiger partial charge in [-0.15, -0.1) is 0 Å². The Hall–Kier alpha value is -3.70. The molecule has 1 aromatic carbocycles. The lowest BCUT2D eigenvalue weighted by Gasteiger charge is -2.15. The van der Waals surface area contributed by atoms with Gasteiger partial charge in [-0.05, 0) is 42.8 Å². The molecule has 3 rings (SSSR count). The van der Waals surface area contributed by atoms with Crippen LogP contribution in [0.3, 0.4) is 0 Å². The van der Waals surface area contributed by atoms with Crippen LogP contribution in [0, 0.1) is 21.4 Å². The van der Waals surface area contributed by atoms with Gasteiger partial charge in [-0.25, -0.2) is 0 Å². The minimum Gasteiger partial charge on any atom is -0.457 e. The van der Waals surface area contributed by atoms with Gasteiger partial charge in [-0.2, -0.15) is 5.26 Å². The highest BCUT2D eigenvalue weighted by molar-refractivity contribution is 6.32. The second-order valence-corrected chi connectivity index (χ2v) is 5.99. The molecule has 0 unspecified atom stereocenters. The Labute approximate surface area is 157 Å². The normalized spacial score (nSPS) is 15.7. The van der Waals surface area contributed by atoms with Crippen LogP contribution < -0.4 is 5.32 Å². The molecule has 2 aromatic rings. The first-order valence-corrected chi connectivity index (χ1v) is 7.92. The van der Waals surface area contributed by atoms with E-state index in [0.29, 0.717) is 11.3 Å². The lowest BCUT2D eigenvalue weighted by atomic mass is 9.96. The van der Waals surface area contributed by atoms with E-state index in [0.717, 1.165) is 0 Å². The Morgan fingerprint density at radius 3 is 2.67 bits per heavy atom. The zero-order valence-corrected chi connectivity index (χ0v) is 14.5. The van der Waals surface area contributed by atoms with Gasteiger partial charge in [0.05, 0.1) is 4.92 Å². The van der Waals surface area contributed by atoms with Crippen molar-refractivity contribution in [1.29, 1.82) is 5.26 Å². The van der Waals surface area contributed by atoms with E-state index < -0.39 is 16.7 Å². The number of nitrogens with one attached hydrogen (secondary N) is 1. The molecule has 2 heterocycles. The molecule has 8 nitrogen and oxygen atoms in total. The van der Waals surface area contributed by atoms with Crippen LogP contribution in [0.4, 0.5) is 5.69 Å². The van der Waals surface area contributed by atoms with Gasteiger partial charge in [0, 0.05) is 17.2 Å². The van der Waals surface area contributed by atoms with Gasteiger partial charge in [0.15, 0.2) is 0 Å². The number of hydrogen-bond donors (Lipinski definition) is 1. The molecule has 2 amide bonds. The van der Waals surface area contributed by atoms with Crippen molar-refractivity contribution in [3.63, 3.8) is 0 Å². The standard InChI is InChI=1S/C18H10ClN3O5/c1-9-12(17(23)21-18(24)13(9)8-20)7-11-3-5-16(27-11)10-2-4-14(19)15(6-10)22(25)26/h2-7H,1H3,(H,21,23,24)/b12-7+. The smallest absolute Gasteiger partial charge is 0.288 e. The summed E-state index contributed by atoms with van der Waals surface area (Å²) in [6, 6.07) is 9.14. The number of nitrogens with zero attached hydrogens (tertiary/aromatic N) is 2. The Morgan fingerprint density at radius 1 is 1.26 bits per heavy atom. The van der Waals surface area contributed by atoms with Crippen LogP contribution >= 0.6 is 11.6 Å². The molecule has 0 bridgehead atoms. The number of benzene rings is 1. The minimum absolute atomic E-state index is 0.00554. The van der Waals surface area contributed by atoms with E-state index in [2.05, 4.69) is 5.32 Å². The van der Waals surface area contributed by atoms with Gasteiger partial charge in [0.2, 0.25) is 0 Å². The third-order valence-corrected chi connectivity index (χ3v) is 4.25. The lowest BCUT2D eigenvalue weighted by molar-refractivity contribution is -0.384. The van der Waals surface area contributed by atoms with Crippen LogP contribution in [0.5, 0.6) is 0 Å². The molecule has 0 spiro atoms. The first kappa shape index (κ1) is 18.1. The molecular formula is C18H10ClN3O5. The number of nitro benzene ring substituents is 1. The van der Waals surface area contributed by atoms with Crippen molar-refractivity contribution in [1.82, 2.24) is 5.32 Å². The number of hydrogen-bond acceptors (Lipinski definition) is 6. The van der Waals surface area contributed by atoms with E-state index >= 15 is 0 Å². The SMILES string of the molecule is CC1=C(C#N)C(=O)NC(=O)/C1=C/c1ccc(-c2ccc(Cl)c([N+](=O)[O-])c2)o1. The number of carbonyl (C=O) groups excluding carboxylic acids is 2. The van der Waals surface area contributed by atoms with Crippen LogP contribution in [0.25, 0.3) is 17.4 Å². The maximum absolute atomic E-state index is 12.0. The zero-order chi connectivity index (χ0) is 19.7. The maximum atomic E-state index is 12.0. The average molecular weight is 384 g/mol. The van der Waals surface area contributed by atoms with E-state index in [1.165, 1.54) is 25.1 Å². The van der Waals surface area contributed by atoms with Crippen LogP contribution in [0.15, 0.2) is 51.5 Å². The van der Waals surface area contributed by atoms with E-state index in [9.17, 15) is 19.7 Å². The Bertz CT molecular complexity index is 1100. The third kappa shape index (κ3) is 3.36. The molecule has 0 aliphatic carbocycles. The Kier molecular flexibility index (Phi) is 4.62. The highest BCUT2D eigenvalue weighted by Crippen LogP contribution is 2.32. The van der Waals surface area contributed by atoms with Crippen molar-refractivity contribution in [2.75, 3.05) is 0 Å². The summed E-state index contributed by atoms with van der Waals surface area (Å²) in [5, 5.41) is 22.2. The lowest BCUT2D eigenvalue weighted by Crippen LogP contribution is -2.37. The van der Waals surface area contributed by atoms with E-state index in [4.69, 9.17) is 21.3 Å². The van der Waals surface area contributed by atoms with Crippen molar-refractivity contribution in [3.05, 3.63) is 67.9 Å². The number of halogens is 1. The molecule has 0 saturated carbocycles. The summed E-state index contributed by atoms with van der Waals surface area (Å²) in [5.41, 5.74) is 0.388. The summed E-state index contributed by atoms with van der Waals surface area (Å²) >= 11 is 5.80. The van der Waals surface area contributed by atoms with Crippen molar-refractivity contribution >= 4 is 35.2 Å². The van der Waals surface area contributed by atoms with Gasteiger partial charge in [-0.1, -0.05) is 11.6 Å². The van der Waals surface area contributed by atoms with Crippen LogP contribution in [-0.4, -0.2) is 16.7 Å². The van der Waals surface area contributed by atoms with E-state index in [1.807, 2.05) is 0 Å². The summed E-state index contributed by atoms with van der Waals surface area (Å²) in [6.45, 7) is 1.49. The van der Waals surface area contributed by atoms with E-state index in [1.54, 1.807) is 24.3 Å². The molecule has 0 atom stereocenters. The molecule has 9 heteroatoms. The molecule has 27 heavy (non-hydrogen) atoms. The Morgan fingerprint density at radius 2 is 2.00 bits per heavy atom. The average Bonchev–Trinajstić information content (AvgIpc) is 3.07. The summed E-state index contributed by atoms with van der Waals surface area (Å²) in [7, 11) is 0. The number of amides is 2. The van der Waals surface area contributed by atoms with E-state index in [-0.39, 0.29) is 33.2 Å². The van der Waals surface area contributed by atoms with Crippen LogP contribution in [0.1, 0.15) is 12.7 Å². The fraction of sp³-hybridized carbons (Fsp3) is 0.0556. The quantitative estimate of drug-likeness (QED) is 0.374. The first-order valence-electron chi connectivity index (χ1n) is 7.54. The van der Waals surface area contributed by atoms with Crippen molar-refractivity contribution < 1.29 is 18.9 Å². The second kappa shape index (κ2) is 6.90. The van der Waals surface area contributed by atoms with Gasteiger partial charge in [-0.3, -0.25) is 25.0 Å². The molecule has 1 aliphatic rings. The highest BCUT2D eigenvalue weighted by Gasteiger charge is 2.27. The van der Waals surface area contributed by atoms with Crippen LogP contribution in [-0.2, 0) is 9.59 Å². The highest BCUT2D eigenvalue weighted by atomic mass is 35.5. The molecule has 1 N–H and O–H groups in total. The molecule has 1 aromatic heterocycles. The Balaban J connectivity index is 2.01. The predicted octanol–water partition coefficient (Wildman–Crippen LogP) is 3.39. The molecule has 0 radical (unpaired) electrons. The fourth-order valence-electron chi connectivity index (χ4n) is 2.55. The van der Waals surface area contributed by atoms with Gasteiger partial charge < -0.3 is 4.42 Å². The minimum atomic E-state index is -0.745. The summed E-state index contributed by atoms with van der Waals surface area (Å²) in [5.74, 6) is -0.780.